The Kier molecular flexibility index (Phi) is 10.5. The van der Waals surface area contributed by atoms with Crippen LogP contribution in [0.15, 0.2) is 83.0 Å². The normalized spacial score (nSPS) is 11.3. The van der Waals surface area contributed by atoms with E-state index in [9.17, 15) is 18.0 Å². The highest BCUT2D eigenvalue weighted by Gasteiger charge is 2.27. The van der Waals surface area contributed by atoms with Gasteiger partial charge in [-0.3, -0.25) is 4.79 Å². The first-order valence-corrected chi connectivity index (χ1v) is 15.9. The number of H-pyrrole nitrogens is 1. The van der Waals surface area contributed by atoms with Gasteiger partial charge in [0.25, 0.3) is 5.69 Å². The SMILES string of the molecule is [C-]#[N+]c1c(OC(=O)c2ccccc2)[nH]c(N=Nc2ccc(N(CC)CCNS(C)(=O)=O)cc2C)c1C(=O)Nc1ccccc1C. The number of anilines is 2. The monoisotopic (exact) mass is 627 g/mol. The fraction of sp³-hybridized carbons (Fsp3) is 0.219. The fourth-order valence-electron chi connectivity index (χ4n) is 4.44. The summed E-state index contributed by atoms with van der Waals surface area (Å²) < 4.78 is 30.9. The minimum absolute atomic E-state index is 0.0616. The van der Waals surface area contributed by atoms with Crippen molar-refractivity contribution >= 4 is 50.5 Å². The van der Waals surface area contributed by atoms with Gasteiger partial charge in [0, 0.05) is 31.0 Å². The van der Waals surface area contributed by atoms with Crippen LogP contribution < -0.4 is 19.7 Å². The number of azo groups is 1. The molecule has 0 unspecified atom stereocenters. The number of hydrogen-bond donors (Lipinski definition) is 3. The lowest BCUT2D eigenvalue weighted by atomic mass is 10.1. The third kappa shape index (κ3) is 8.41. The molecule has 1 aromatic heterocycles. The maximum atomic E-state index is 13.6. The van der Waals surface area contributed by atoms with E-state index in [1.165, 1.54) is 0 Å². The molecule has 232 valence electrons. The summed E-state index contributed by atoms with van der Waals surface area (Å²) in [5.74, 6) is -1.63. The van der Waals surface area contributed by atoms with Crippen LogP contribution in [0.3, 0.4) is 0 Å². The highest BCUT2D eigenvalue weighted by atomic mass is 32.2. The number of carbonyl (C=O) groups is 2. The Morgan fingerprint density at radius 1 is 1.00 bits per heavy atom. The van der Waals surface area contributed by atoms with Crippen molar-refractivity contribution in [1.82, 2.24) is 9.71 Å². The molecule has 3 aromatic carbocycles. The number of aromatic amines is 1. The summed E-state index contributed by atoms with van der Waals surface area (Å²) in [6.45, 7) is 14.8. The minimum Gasteiger partial charge on any atom is -0.416 e. The Morgan fingerprint density at radius 3 is 2.36 bits per heavy atom. The van der Waals surface area contributed by atoms with Crippen LogP contribution in [-0.2, 0) is 10.0 Å². The van der Waals surface area contributed by atoms with Crippen molar-refractivity contribution in [3.8, 4) is 5.88 Å². The van der Waals surface area contributed by atoms with Crippen molar-refractivity contribution in [2.24, 2.45) is 10.2 Å². The molecule has 0 aliphatic heterocycles. The first-order chi connectivity index (χ1) is 21.5. The number of nitrogens with zero attached hydrogens (tertiary/aromatic N) is 4. The average molecular weight is 628 g/mol. The van der Waals surface area contributed by atoms with Crippen molar-refractivity contribution in [1.29, 1.82) is 0 Å². The number of amides is 1. The summed E-state index contributed by atoms with van der Waals surface area (Å²) in [6.07, 6.45) is 1.12. The van der Waals surface area contributed by atoms with Gasteiger partial charge in [0.05, 0.1) is 29.6 Å². The molecule has 1 amide bonds. The molecule has 0 spiro atoms. The number of carbonyl (C=O) groups excluding carboxylic acids is 2. The van der Waals surface area contributed by atoms with Crippen molar-refractivity contribution in [3.63, 3.8) is 0 Å². The minimum atomic E-state index is -3.29. The summed E-state index contributed by atoms with van der Waals surface area (Å²) in [7, 11) is -3.29. The van der Waals surface area contributed by atoms with E-state index in [-0.39, 0.29) is 35.1 Å². The van der Waals surface area contributed by atoms with E-state index in [4.69, 9.17) is 11.3 Å². The molecule has 0 aliphatic carbocycles. The van der Waals surface area contributed by atoms with Crippen LogP contribution in [0.5, 0.6) is 5.88 Å². The lowest BCUT2D eigenvalue weighted by molar-refractivity contribution is 0.0729. The first kappa shape index (κ1) is 32.6. The van der Waals surface area contributed by atoms with Gasteiger partial charge in [-0.15, -0.1) is 10.2 Å². The second-order valence-corrected chi connectivity index (χ2v) is 11.9. The Morgan fingerprint density at radius 2 is 1.71 bits per heavy atom. The predicted molar refractivity (Wildman–Crippen MR) is 174 cm³/mol. The number of likely N-dealkylation sites (N-methyl/N-ethyl adjacent to an activating group) is 1. The zero-order chi connectivity index (χ0) is 32.6. The molecule has 4 rings (SSSR count). The summed E-state index contributed by atoms with van der Waals surface area (Å²) >= 11 is 0. The van der Waals surface area contributed by atoms with E-state index in [2.05, 4.69) is 30.1 Å². The Bertz CT molecular complexity index is 1880. The second kappa shape index (κ2) is 14.4. The van der Waals surface area contributed by atoms with Gasteiger partial charge in [-0.25, -0.2) is 22.8 Å². The quantitative estimate of drug-likeness (QED) is 0.0934. The number of hydrogen-bond acceptors (Lipinski definition) is 8. The summed E-state index contributed by atoms with van der Waals surface area (Å²) in [5.41, 5.74) is 3.41. The van der Waals surface area contributed by atoms with Crippen LogP contribution in [0.1, 0.15) is 38.8 Å². The van der Waals surface area contributed by atoms with Gasteiger partial charge >= 0.3 is 5.97 Å². The van der Waals surface area contributed by atoms with Gasteiger partial charge < -0.3 is 19.9 Å². The molecule has 1 heterocycles. The molecule has 0 bridgehead atoms. The van der Waals surface area contributed by atoms with Crippen LogP contribution in [-0.4, -0.2) is 51.2 Å². The number of esters is 1. The molecular weight excluding hydrogens is 594 g/mol. The maximum absolute atomic E-state index is 13.6. The van der Waals surface area contributed by atoms with E-state index in [0.717, 1.165) is 23.1 Å². The third-order valence-electron chi connectivity index (χ3n) is 6.79. The van der Waals surface area contributed by atoms with Crippen LogP contribution >= 0.6 is 0 Å². The van der Waals surface area contributed by atoms with Gasteiger partial charge in [0.2, 0.25) is 21.8 Å². The maximum Gasteiger partial charge on any atom is 0.343 e. The number of sulfonamides is 1. The number of rotatable bonds is 12. The zero-order valence-electron chi connectivity index (χ0n) is 25.3. The number of benzene rings is 3. The Balaban J connectivity index is 1.67. The number of aryl methyl sites for hydroxylation is 2. The average Bonchev–Trinajstić information content (AvgIpc) is 3.36. The van der Waals surface area contributed by atoms with E-state index < -0.39 is 21.9 Å². The van der Waals surface area contributed by atoms with E-state index in [1.807, 2.05) is 49.9 Å². The van der Waals surface area contributed by atoms with Crippen LogP contribution in [0.25, 0.3) is 4.85 Å². The van der Waals surface area contributed by atoms with Gasteiger partial charge in [-0.2, -0.15) is 0 Å². The number of para-hydroxylation sites is 1. The molecule has 4 aromatic rings. The molecular formula is C32H33N7O5S. The molecule has 3 N–H and O–H groups in total. The van der Waals surface area contributed by atoms with Crippen molar-refractivity contribution < 1.29 is 22.7 Å². The highest BCUT2D eigenvalue weighted by molar-refractivity contribution is 7.88. The largest absolute Gasteiger partial charge is 0.416 e. The zero-order valence-corrected chi connectivity index (χ0v) is 26.1. The standard InChI is InChI=1S/C32H33N7O5S/c1-6-39(19-18-34-45(5,42)43)24-16-17-26(22(3)20-24)37-38-29-27(30(40)35-25-15-11-10-12-21(25)2)28(33-4)31(36-29)44-32(41)23-13-8-7-9-14-23/h7-17,20,34,36H,6,18-19H2,1-3,5H3,(H,35,40). The van der Waals surface area contributed by atoms with Gasteiger partial charge in [0.1, 0.15) is 0 Å². The second-order valence-electron chi connectivity index (χ2n) is 10.1. The van der Waals surface area contributed by atoms with Crippen molar-refractivity contribution in [2.75, 3.05) is 36.1 Å². The third-order valence-corrected chi connectivity index (χ3v) is 7.52. The lowest BCUT2D eigenvalue weighted by Crippen LogP contribution is -2.34. The number of aromatic nitrogens is 1. The molecule has 45 heavy (non-hydrogen) atoms. The molecule has 0 saturated heterocycles. The van der Waals surface area contributed by atoms with Crippen molar-refractivity contribution in [3.05, 3.63) is 106 Å². The summed E-state index contributed by atoms with van der Waals surface area (Å²) in [5, 5.41) is 11.4. The van der Waals surface area contributed by atoms with Gasteiger partial charge in [0.15, 0.2) is 5.82 Å². The molecule has 0 saturated carbocycles. The predicted octanol–water partition coefficient (Wildman–Crippen LogP) is 6.44. The summed E-state index contributed by atoms with van der Waals surface area (Å²) in [6, 6.07) is 20.9. The number of nitrogens with one attached hydrogen (secondary N) is 3. The molecule has 0 aliphatic rings. The van der Waals surface area contributed by atoms with Crippen LogP contribution in [0.4, 0.5) is 28.6 Å². The molecule has 12 nitrogen and oxygen atoms in total. The van der Waals surface area contributed by atoms with Gasteiger partial charge in [-0.05, 0) is 68.3 Å². The first-order valence-electron chi connectivity index (χ1n) is 14.0. The van der Waals surface area contributed by atoms with Gasteiger partial charge in [-0.1, -0.05) is 36.4 Å². The Labute approximate surface area is 262 Å². The Hall–Kier alpha value is -5.32. The van der Waals surface area contributed by atoms with E-state index >= 15 is 0 Å². The fourth-order valence-corrected chi connectivity index (χ4v) is 4.90. The van der Waals surface area contributed by atoms with Crippen LogP contribution in [0, 0.1) is 20.4 Å². The molecule has 0 radical (unpaired) electrons. The highest BCUT2D eigenvalue weighted by Crippen LogP contribution is 2.40. The smallest absolute Gasteiger partial charge is 0.343 e. The molecule has 0 fully saturated rings. The lowest BCUT2D eigenvalue weighted by Gasteiger charge is -2.23. The summed E-state index contributed by atoms with van der Waals surface area (Å²) in [4.78, 5) is 34.7. The van der Waals surface area contributed by atoms with E-state index in [1.54, 1.807) is 48.5 Å². The van der Waals surface area contributed by atoms with E-state index in [0.29, 0.717) is 24.5 Å². The number of ether oxygens (including phenoxy) is 1. The molecule has 13 heteroatoms. The van der Waals surface area contributed by atoms with Crippen LogP contribution in [0.2, 0.25) is 0 Å². The van der Waals surface area contributed by atoms with Crippen molar-refractivity contribution in [2.45, 2.75) is 20.8 Å². The topological polar surface area (TPSA) is 150 Å². The molecule has 0 atom stereocenters.